The number of fused-ring (bicyclic) bond motifs is 1. The second-order valence-corrected chi connectivity index (χ2v) is 15.4. The van der Waals surface area contributed by atoms with Crippen LogP contribution >= 0.6 is 11.6 Å². The molecule has 2 aliphatic rings. The number of carbonyl (C=O) groups excluding carboxylic acids is 2. The Morgan fingerprint density at radius 3 is 2.40 bits per heavy atom. The molecule has 0 saturated carbocycles. The molecule has 0 aromatic heterocycles. The van der Waals surface area contributed by atoms with Crippen LogP contribution in [0.25, 0.3) is 0 Å². The van der Waals surface area contributed by atoms with Gasteiger partial charge in [-0.3, -0.25) is 9.59 Å². The van der Waals surface area contributed by atoms with Crippen LogP contribution in [0.1, 0.15) is 81.3 Å². The quantitative estimate of drug-likeness (QED) is 0.422. The normalized spacial score (nSPS) is 20.8. The van der Waals surface area contributed by atoms with Gasteiger partial charge in [0.1, 0.15) is 11.8 Å². The lowest BCUT2D eigenvalue weighted by atomic mass is 9.97. The van der Waals surface area contributed by atoms with E-state index in [1.165, 1.54) is 4.31 Å². The Bertz CT molecular complexity index is 1480. The van der Waals surface area contributed by atoms with Gasteiger partial charge >= 0.3 is 0 Å². The molecule has 1 fully saturated rings. The summed E-state index contributed by atoms with van der Waals surface area (Å²) < 4.78 is 35.3. The number of halogens is 1. The van der Waals surface area contributed by atoms with E-state index in [0.717, 1.165) is 16.7 Å². The summed E-state index contributed by atoms with van der Waals surface area (Å²) in [4.78, 5) is 26.9. The van der Waals surface area contributed by atoms with E-state index >= 15 is 0 Å². The molecule has 0 radical (unpaired) electrons. The van der Waals surface area contributed by atoms with Crippen molar-refractivity contribution in [3.63, 3.8) is 0 Å². The largest absolute Gasteiger partial charge is 0.493 e. The molecule has 0 bridgehead atoms. The summed E-state index contributed by atoms with van der Waals surface area (Å²) in [7, 11) is -4.10. The number of sulfonamides is 1. The molecule has 2 atom stereocenters. The van der Waals surface area contributed by atoms with Gasteiger partial charge in [-0.1, -0.05) is 29.3 Å². The Morgan fingerprint density at radius 1 is 1.14 bits per heavy atom. The number of amides is 2. The third kappa shape index (κ3) is 7.10. The Hall–Kier alpha value is -2.66. The van der Waals surface area contributed by atoms with E-state index in [9.17, 15) is 18.0 Å². The molecule has 2 aromatic rings. The van der Waals surface area contributed by atoms with Gasteiger partial charge in [0.2, 0.25) is 21.8 Å². The van der Waals surface area contributed by atoms with Crippen molar-refractivity contribution in [3.8, 4) is 5.75 Å². The molecule has 1 saturated heterocycles. The van der Waals surface area contributed by atoms with Crippen LogP contribution in [-0.4, -0.2) is 54.8 Å². The van der Waals surface area contributed by atoms with Gasteiger partial charge in [0.15, 0.2) is 0 Å². The maximum absolute atomic E-state index is 14.1. The molecule has 42 heavy (non-hydrogen) atoms. The summed E-state index contributed by atoms with van der Waals surface area (Å²) in [6.45, 7) is 16.2. The summed E-state index contributed by atoms with van der Waals surface area (Å²) in [5.41, 5.74) is 2.91. The van der Waals surface area contributed by atoms with Crippen LogP contribution in [0.15, 0.2) is 29.2 Å². The maximum atomic E-state index is 14.1. The number of piperazine rings is 1. The fourth-order valence-corrected chi connectivity index (χ4v) is 8.15. The second kappa shape index (κ2) is 11.8. The molecule has 4 rings (SSSR count). The Labute approximate surface area is 254 Å². The number of hydrogen-bond acceptors (Lipinski definition) is 6. The molecule has 230 valence electrons. The molecule has 2 amide bonds. The number of hydrogen-bond donors (Lipinski definition) is 3. The molecular formula is C31H43ClN4O5S. The van der Waals surface area contributed by atoms with Crippen molar-refractivity contribution < 1.29 is 22.7 Å². The number of carbonyl (C=O) groups is 2. The van der Waals surface area contributed by atoms with Crippen LogP contribution in [-0.2, 0) is 26.2 Å². The highest BCUT2D eigenvalue weighted by atomic mass is 35.5. The summed E-state index contributed by atoms with van der Waals surface area (Å²) in [6, 6.07) is 5.75. The van der Waals surface area contributed by atoms with Gasteiger partial charge in [-0.15, -0.1) is 0 Å². The molecule has 1 unspecified atom stereocenters. The fraction of sp³-hybridized carbons (Fsp3) is 0.548. The average molecular weight is 619 g/mol. The highest BCUT2D eigenvalue weighted by Gasteiger charge is 2.46. The highest BCUT2D eigenvalue weighted by molar-refractivity contribution is 7.89. The van der Waals surface area contributed by atoms with Crippen LogP contribution in [0.2, 0.25) is 5.02 Å². The standard InChI is InChI=1S/C31H43ClN4O5S/c1-18-11-19(2)28(20(3)12-18)42(39,40)36-17-31(7,8)35-29(38)25(36)15-27(37)34-24-9-10-41-26-13-21(16-33-30(4,5)6)23(32)14-22(24)26/h11-14,24-25,33H,9-10,15-17H2,1-8H3,(H,34,37)(H,35,38)/t24-,25?/m1/s1. The van der Waals surface area contributed by atoms with Crippen molar-refractivity contribution >= 4 is 33.4 Å². The molecule has 2 heterocycles. The molecule has 9 nitrogen and oxygen atoms in total. The van der Waals surface area contributed by atoms with Crippen LogP contribution in [0.4, 0.5) is 0 Å². The minimum Gasteiger partial charge on any atom is -0.493 e. The molecule has 2 aromatic carbocycles. The first-order chi connectivity index (χ1) is 19.4. The summed E-state index contributed by atoms with van der Waals surface area (Å²) in [5, 5.41) is 9.89. The summed E-state index contributed by atoms with van der Waals surface area (Å²) in [6.07, 6.45) is 0.196. The Balaban J connectivity index is 1.58. The number of benzene rings is 2. The fourth-order valence-electron chi connectivity index (χ4n) is 5.75. The van der Waals surface area contributed by atoms with Crippen molar-refractivity contribution in [1.82, 2.24) is 20.3 Å². The van der Waals surface area contributed by atoms with Crippen molar-refractivity contribution in [3.05, 3.63) is 57.1 Å². The van der Waals surface area contributed by atoms with Crippen molar-refractivity contribution in [2.24, 2.45) is 0 Å². The smallest absolute Gasteiger partial charge is 0.244 e. The van der Waals surface area contributed by atoms with Crippen LogP contribution in [0.3, 0.4) is 0 Å². The lowest BCUT2D eigenvalue weighted by Crippen LogP contribution is -2.66. The van der Waals surface area contributed by atoms with E-state index in [4.69, 9.17) is 16.3 Å². The zero-order valence-electron chi connectivity index (χ0n) is 25.8. The predicted molar refractivity (Wildman–Crippen MR) is 164 cm³/mol. The Morgan fingerprint density at radius 2 is 1.79 bits per heavy atom. The van der Waals surface area contributed by atoms with Gasteiger partial charge in [-0.2, -0.15) is 4.31 Å². The first-order valence-corrected chi connectivity index (χ1v) is 16.1. The first kappa shape index (κ1) is 32.3. The zero-order valence-corrected chi connectivity index (χ0v) is 27.3. The summed E-state index contributed by atoms with van der Waals surface area (Å²) in [5.74, 6) is -0.285. The van der Waals surface area contributed by atoms with Crippen molar-refractivity contribution in [2.45, 2.75) is 103 Å². The maximum Gasteiger partial charge on any atom is 0.244 e. The molecular weight excluding hydrogens is 576 g/mol. The van der Waals surface area contributed by atoms with Gasteiger partial charge in [-0.05, 0) is 84.2 Å². The van der Waals surface area contributed by atoms with Crippen molar-refractivity contribution in [2.75, 3.05) is 13.2 Å². The third-order valence-electron chi connectivity index (χ3n) is 7.58. The lowest BCUT2D eigenvalue weighted by Gasteiger charge is -2.43. The minimum atomic E-state index is -4.10. The zero-order chi connectivity index (χ0) is 31.2. The number of aryl methyl sites for hydroxylation is 3. The van der Waals surface area contributed by atoms with E-state index < -0.39 is 39.5 Å². The van der Waals surface area contributed by atoms with E-state index in [1.54, 1.807) is 27.7 Å². The number of rotatable bonds is 7. The molecule has 0 spiro atoms. The van der Waals surface area contributed by atoms with Crippen molar-refractivity contribution in [1.29, 1.82) is 0 Å². The van der Waals surface area contributed by atoms with Crippen LogP contribution < -0.4 is 20.7 Å². The Kier molecular flexibility index (Phi) is 9.05. The number of nitrogens with zero attached hydrogens (tertiary/aromatic N) is 1. The van der Waals surface area contributed by atoms with E-state index in [0.29, 0.717) is 41.5 Å². The van der Waals surface area contributed by atoms with Crippen LogP contribution in [0.5, 0.6) is 5.75 Å². The SMILES string of the molecule is Cc1cc(C)c(S(=O)(=O)N2CC(C)(C)NC(=O)C2CC(=O)N[C@@H]2CCOc3cc(CNC(C)(C)C)c(Cl)cc32)c(C)c1. The topological polar surface area (TPSA) is 117 Å². The average Bonchev–Trinajstić information content (AvgIpc) is 2.83. The van der Waals surface area contributed by atoms with Crippen LogP contribution in [0, 0.1) is 20.8 Å². The molecule has 11 heteroatoms. The van der Waals surface area contributed by atoms with E-state index in [-0.39, 0.29) is 23.4 Å². The van der Waals surface area contributed by atoms with Gasteiger partial charge < -0.3 is 20.7 Å². The van der Waals surface area contributed by atoms with E-state index in [1.807, 2.05) is 31.2 Å². The lowest BCUT2D eigenvalue weighted by molar-refractivity contribution is -0.134. The number of ether oxygens (including phenoxy) is 1. The summed E-state index contributed by atoms with van der Waals surface area (Å²) >= 11 is 6.62. The minimum absolute atomic E-state index is 0.0346. The van der Waals surface area contributed by atoms with Gasteiger partial charge in [0, 0.05) is 41.2 Å². The molecule has 3 N–H and O–H groups in total. The highest BCUT2D eigenvalue weighted by Crippen LogP contribution is 2.37. The second-order valence-electron chi connectivity index (χ2n) is 13.2. The van der Waals surface area contributed by atoms with Gasteiger partial charge in [0.05, 0.1) is 24.0 Å². The first-order valence-electron chi connectivity index (χ1n) is 14.3. The van der Waals surface area contributed by atoms with E-state index in [2.05, 4.69) is 36.7 Å². The monoisotopic (exact) mass is 618 g/mol. The molecule has 0 aliphatic carbocycles. The predicted octanol–water partition coefficient (Wildman–Crippen LogP) is 4.45. The number of nitrogens with one attached hydrogen (secondary N) is 3. The van der Waals surface area contributed by atoms with Gasteiger partial charge in [-0.25, -0.2) is 8.42 Å². The third-order valence-corrected chi connectivity index (χ3v) is 10.1. The van der Waals surface area contributed by atoms with Gasteiger partial charge in [0.25, 0.3) is 0 Å². The molecule has 2 aliphatic heterocycles.